The second-order valence-corrected chi connectivity index (χ2v) is 5.34. The molecule has 0 atom stereocenters. The zero-order valence-corrected chi connectivity index (χ0v) is 13.7. The minimum absolute atomic E-state index is 0.605. The third-order valence-electron chi connectivity index (χ3n) is 3.54. The van der Waals surface area contributed by atoms with E-state index in [0.717, 1.165) is 32.7 Å². The third kappa shape index (κ3) is 7.45. The van der Waals surface area contributed by atoms with Crippen molar-refractivity contribution in [2.75, 3.05) is 52.7 Å². The van der Waals surface area contributed by atoms with Gasteiger partial charge >= 0.3 is 0 Å². The summed E-state index contributed by atoms with van der Waals surface area (Å²) < 4.78 is 16.4. The van der Waals surface area contributed by atoms with Crippen LogP contribution in [-0.4, -0.2) is 63.5 Å². The first-order chi connectivity index (χ1) is 11.4. The molecule has 1 heterocycles. The minimum Gasteiger partial charge on any atom is -0.379 e. The molecule has 1 aromatic carbocycles. The Morgan fingerprint density at radius 1 is 1.09 bits per heavy atom. The SMILES string of the molecule is NC(=NCCCOCCOCc1ccccc1)N1CCOCC1. The summed E-state index contributed by atoms with van der Waals surface area (Å²) in [6.07, 6.45) is 0.865. The highest BCUT2D eigenvalue weighted by Gasteiger charge is 2.11. The van der Waals surface area contributed by atoms with Crippen molar-refractivity contribution in [1.82, 2.24) is 4.90 Å². The molecule has 2 rings (SSSR count). The van der Waals surface area contributed by atoms with Crippen LogP contribution in [0.15, 0.2) is 35.3 Å². The van der Waals surface area contributed by atoms with E-state index in [1.807, 2.05) is 18.2 Å². The molecular weight excluding hydrogens is 294 g/mol. The maximum atomic E-state index is 5.94. The molecule has 6 nitrogen and oxygen atoms in total. The van der Waals surface area contributed by atoms with Crippen LogP contribution in [0.2, 0.25) is 0 Å². The summed E-state index contributed by atoms with van der Waals surface area (Å²) in [6, 6.07) is 10.1. The number of benzene rings is 1. The van der Waals surface area contributed by atoms with Crippen molar-refractivity contribution in [1.29, 1.82) is 0 Å². The lowest BCUT2D eigenvalue weighted by Gasteiger charge is -2.27. The van der Waals surface area contributed by atoms with Gasteiger partial charge in [-0.05, 0) is 12.0 Å². The van der Waals surface area contributed by atoms with Crippen LogP contribution in [0, 0.1) is 0 Å². The first-order valence-electron chi connectivity index (χ1n) is 8.18. The van der Waals surface area contributed by atoms with E-state index in [1.54, 1.807) is 0 Å². The molecule has 0 spiro atoms. The van der Waals surface area contributed by atoms with Gasteiger partial charge in [0.2, 0.25) is 0 Å². The minimum atomic E-state index is 0.605. The monoisotopic (exact) mass is 321 g/mol. The average Bonchev–Trinajstić information content (AvgIpc) is 2.61. The summed E-state index contributed by atoms with van der Waals surface area (Å²) in [5, 5.41) is 0. The van der Waals surface area contributed by atoms with E-state index in [4.69, 9.17) is 19.9 Å². The number of rotatable bonds is 9. The zero-order valence-electron chi connectivity index (χ0n) is 13.7. The van der Waals surface area contributed by atoms with E-state index in [9.17, 15) is 0 Å². The fourth-order valence-electron chi connectivity index (χ4n) is 2.24. The van der Waals surface area contributed by atoms with Gasteiger partial charge in [-0.25, -0.2) is 0 Å². The molecule has 128 valence electrons. The fraction of sp³-hybridized carbons (Fsp3) is 0.588. The number of nitrogens with zero attached hydrogens (tertiary/aromatic N) is 2. The van der Waals surface area contributed by atoms with Crippen LogP contribution in [0.5, 0.6) is 0 Å². The molecule has 0 radical (unpaired) electrons. The zero-order chi connectivity index (χ0) is 16.2. The molecule has 0 unspecified atom stereocenters. The highest BCUT2D eigenvalue weighted by atomic mass is 16.5. The molecule has 2 N–H and O–H groups in total. The van der Waals surface area contributed by atoms with E-state index in [-0.39, 0.29) is 0 Å². The second-order valence-electron chi connectivity index (χ2n) is 5.34. The molecule has 23 heavy (non-hydrogen) atoms. The number of nitrogens with two attached hydrogens (primary N) is 1. The van der Waals surface area contributed by atoms with Gasteiger partial charge in [0.1, 0.15) is 0 Å². The molecule has 0 bridgehead atoms. The topological polar surface area (TPSA) is 69.3 Å². The first-order valence-corrected chi connectivity index (χ1v) is 8.18. The fourth-order valence-corrected chi connectivity index (χ4v) is 2.24. The van der Waals surface area contributed by atoms with Crippen molar-refractivity contribution in [3.63, 3.8) is 0 Å². The number of ether oxygens (including phenoxy) is 3. The lowest BCUT2D eigenvalue weighted by atomic mass is 10.2. The van der Waals surface area contributed by atoms with Gasteiger partial charge in [0.05, 0.1) is 33.0 Å². The summed E-state index contributed by atoms with van der Waals surface area (Å²) in [7, 11) is 0. The summed E-state index contributed by atoms with van der Waals surface area (Å²) in [5.41, 5.74) is 7.12. The smallest absolute Gasteiger partial charge is 0.191 e. The van der Waals surface area contributed by atoms with Crippen molar-refractivity contribution in [2.45, 2.75) is 13.0 Å². The Balaban J connectivity index is 1.43. The van der Waals surface area contributed by atoms with Crippen LogP contribution in [0.4, 0.5) is 0 Å². The Bertz CT molecular complexity index is 448. The Morgan fingerprint density at radius 3 is 2.61 bits per heavy atom. The summed E-state index contributed by atoms with van der Waals surface area (Å²) in [4.78, 5) is 6.43. The highest BCUT2D eigenvalue weighted by molar-refractivity contribution is 5.78. The van der Waals surface area contributed by atoms with Crippen LogP contribution in [0.25, 0.3) is 0 Å². The molecular formula is C17H27N3O3. The summed E-state index contributed by atoms with van der Waals surface area (Å²) in [5.74, 6) is 0.611. The van der Waals surface area contributed by atoms with Gasteiger partial charge in [-0.1, -0.05) is 30.3 Å². The molecule has 1 fully saturated rings. The normalized spacial score (nSPS) is 15.8. The highest BCUT2D eigenvalue weighted by Crippen LogP contribution is 2.00. The molecule has 1 aliphatic heterocycles. The second kappa shape index (κ2) is 11.0. The van der Waals surface area contributed by atoms with E-state index in [1.165, 1.54) is 5.56 Å². The standard InChI is InChI=1S/C17H27N3O3/c18-17(20-8-11-22-12-9-20)19-7-4-10-21-13-14-23-15-16-5-2-1-3-6-16/h1-3,5-6H,4,7-15H2,(H2,18,19). The van der Waals surface area contributed by atoms with Gasteiger partial charge < -0.3 is 24.8 Å². The van der Waals surface area contributed by atoms with E-state index < -0.39 is 0 Å². The molecule has 0 saturated carbocycles. The predicted molar refractivity (Wildman–Crippen MR) is 90.4 cm³/mol. The van der Waals surface area contributed by atoms with E-state index in [0.29, 0.717) is 38.9 Å². The van der Waals surface area contributed by atoms with Gasteiger partial charge in [-0.15, -0.1) is 0 Å². The maximum Gasteiger partial charge on any atom is 0.191 e. The van der Waals surface area contributed by atoms with Crippen LogP contribution >= 0.6 is 0 Å². The lowest BCUT2D eigenvalue weighted by molar-refractivity contribution is 0.0403. The van der Waals surface area contributed by atoms with Crippen LogP contribution in [0.1, 0.15) is 12.0 Å². The molecule has 0 aromatic heterocycles. The summed E-state index contributed by atoms with van der Waals surface area (Å²) >= 11 is 0. The Morgan fingerprint density at radius 2 is 1.83 bits per heavy atom. The van der Waals surface area contributed by atoms with Gasteiger partial charge in [-0.3, -0.25) is 4.99 Å². The molecule has 1 aromatic rings. The number of hydrogen-bond donors (Lipinski definition) is 1. The molecule has 1 aliphatic rings. The average molecular weight is 321 g/mol. The Labute approximate surface area is 138 Å². The van der Waals surface area contributed by atoms with Gasteiger partial charge in [0, 0.05) is 26.2 Å². The molecule has 0 amide bonds. The number of morpholine rings is 1. The van der Waals surface area contributed by atoms with Crippen molar-refractivity contribution in [2.24, 2.45) is 10.7 Å². The van der Waals surface area contributed by atoms with E-state index >= 15 is 0 Å². The van der Waals surface area contributed by atoms with E-state index in [2.05, 4.69) is 22.0 Å². The Kier molecular flexibility index (Phi) is 8.47. The number of aliphatic imine (C=N–C) groups is 1. The van der Waals surface area contributed by atoms with Crippen LogP contribution < -0.4 is 5.73 Å². The van der Waals surface area contributed by atoms with Crippen LogP contribution in [-0.2, 0) is 20.8 Å². The largest absolute Gasteiger partial charge is 0.379 e. The van der Waals surface area contributed by atoms with Gasteiger partial charge in [0.15, 0.2) is 5.96 Å². The maximum absolute atomic E-state index is 5.94. The lowest BCUT2D eigenvalue weighted by Crippen LogP contribution is -2.44. The molecule has 1 saturated heterocycles. The first kappa shape index (κ1) is 17.7. The molecule has 0 aliphatic carbocycles. The van der Waals surface area contributed by atoms with Crippen molar-refractivity contribution >= 4 is 5.96 Å². The Hall–Kier alpha value is -1.63. The number of hydrogen-bond acceptors (Lipinski definition) is 4. The van der Waals surface area contributed by atoms with Crippen molar-refractivity contribution in [3.05, 3.63) is 35.9 Å². The summed E-state index contributed by atoms with van der Waals surface area (Å²) in [6.45, 7) is 6.30. The van der Waals surface area contributed by atoms with Gasteiger partial charge in [0.25, 0.3) is 0 Å². The van der Waals surface area contributed by atoms with Crippen molar-refractivity contribution < 1.29 is 14.2 Å². The predicted octanol–water partition coefficient (Wildman–Crippen LogP) is 1.26. The van der Waals surface area contributed by atoms with Crippen LogP contribution in [0.3, 0.4) is 0 Å². The van der Waals surface area contributed by atoms with Gasteiger partial charge in [-0.2, -0.15) is 0 Å². The molecule has 6 heteroatoms. The third-order valence-corrected chi connectivity index (χ3v) is 3.54. The van der Waals surface area contributed by atoms with Crippen molar-refractivity contribution in [3.8, 4) is 0 Å². The number of guanidine groups is 1. The quantitative estimate of drug-likeness (QED) is 0.421.